The van der Waals surface area contributed by atoms with Crippen molar-refractivity contribution in [3.63, 3.8) is 0 Å². The minimum Gasteiger partial charge on any atom is -0.379 e. The average Bonchev–Trinajstić information content (AvgIpc) is 2.78. The molecule has 1 N–H and O–H groups in total. The highest BCUT2D eigenvalue weighted by Gasteiger charge is 2.32. The zero-order chi connectivity index (χ0) is 22.3. The number of hydrogen-bond donors (Lipinski definition) is 1. The summed E-state index contributed by atoms with van der Waals surface area (Å²) in [4.78, 5) is 22.3. The van der Waals surface area contributed by atoms with Crippen molar-refractivity contribution in [2.45, 2.75) is 33.4 Å². The second kappa shape index (κ2) is 11.0. The van der Waals surface area contributed by atoms with Crippen LogP contribution in [0.2, 0.25) is 0 Å². The molecular weight excluding hydrogens is 400 g/mol. The number of amides is 1. The molecule has 4 rings (SSSR count). The van der Waals surface area contributed by atoms with E-state index in [1.165, 1.54) is 22.3 Å². The molecule has 172 valence electrons. The first-order valence-corrected chi connectivity index (χ1v) is 11.8. The van der Waals surface area contributed by atoms with E-state index in [1.807, 2.05) is 12.4 Å². The summed E-state index contributed by atoms with van der Waals surface area (Å²) in [5.74, 6) is 0.679. The Morgan fingerprint density at radius 2 is 1.75 bits per heavy atom. The molecule has 0 unspecified atom stereocenters. The number of ether oxygens (including phenoxy) is 1. The Labute approximate surface area is 192 Å². The van der Waals surface area contributed by atoms with Crippen molar-refractivity contribution in [2.24, 2.45) is 11.8 Å². The summed E-state index contributed by atoms with van der Waals surface area (Å²) in [5, 5.41) is 3.22. The minimum absolute atomic E-state index is 0.0162. The number of rotatable bonds is 7. The van der Waals surface area contributed by atoms with Gasteiger partial charge in [0.05, 0.1) is 19.1 Å². The first kappa shape index (κ1) is 22.9. The summed E-state index contributed by atoms with van der Waals surface area (Å²) < 4.78 is 5.52. The number of nitrogens with one attached hydrogen (secondary N) is 1. The smallest absolute Gasteiger partial charge is 0.224 e. The number of carbonyl (C=O) groups is 1. The molecule has 2 saturated heterocycles. The third kappa shape index (κ3) is 6.61. The van der Waals surface area contributed by atoms with Crippen molar-refractivity contribution in [2.75, 3.05) is 45.9 Å². The van der Waals surface area contributed by atoms with Crippen molar-refractivity contribution in [3.05, 3.63) is 65.0 Å². The Morgan fingerprint density at radius 3 is 2.47 bits per heavy atom. The molecule has 2 atom stereocenters. The van der Waals surface area contributed by atoms with Gasteiger partial charge in [-0.2, -0.15) is 0 Å². The van der Waals surface area contributed by atoms with Crippen LogP contribution in [0.25, 0.3) is 0 Å². The molecule has 1 aromatic carbocycles. The third-order valence-corrected chi connectivity index (χ3v) is 6.51. The van der Waals surface area contributed by atoms with Gasteiger partial charge >= 0.3 is 0 Å². The second-order valence-corrected chi connectivity index (χ2v) is 9.47. The Balaban J connectivity index is 1.40. The van der Waals surface area contributed by atoms with E-state index in [9.17, 15) is 4.79 Å². The van der Waals surface area contributed by atoms with E-state index in [4.69, 9.17) is 4.74 Å². The van der Waals surface area contributed by atoms with Crippen LogP contribution in [0.1, 0.15) is 28.7 Å². The van der Waals surface area contributed by atoms with Gasteiger partial charge in [-0.1, -0.05) is 29.3 Å². The molecule has 2 aliphatic heterocycles. The van der Waals surface area contributed by atoms with E-state index in [0.717, 1.165) is 58.9 Å². The van der Waals surface area contributed by atoms with Gasteiger partial charge < -0.3 is 10.1 Å². The molecule has 32 heavy (non-hydrogen) atoms. The molecule has 3 heterocycles. The summed E-state index contributed by atoms with van der Waals surface area (Å²) in [5.41, 5.74) is 4.90. The van der Waals surface area contributed by atoms with Crippen LogP contribution in [0.15, 0.2) is 42.7 Å². The standard InChI is InChI=1S/C26H36N4O2/c1-20-11-21(2)13-23(12-20)15-28-26(31)25-14-24(17-29-7-9-32-10-8-29)18-30(19-25)16-22-3-5-27-6-4-22/h3-6,11-13,24-25H,7-10,14-19H2,1-2H3,(H,28,31)/t24-,25-/m1/s1. The third-order valence-electron chi connectivity index (χ3n) is 6.51. The zero-order valence-electron chi connectivity index (χ0n) is 19.4. The normalized spacial score (nSPS) is 22.6. The number of aryl methyl sites for hydroxylation is 2. The van der Waals surface area contributed by atoms with Gasteiger partial charge in [-0.05, 0) is 49.4 Å². The van der Waals surface area contributed by atoms with E-state index in [-0.39, 0.29) is 11.8 Å². The fourth-order valence-electron chi connectivity index (χ4n) is 5.15. The van der Waals surface area contributed by atoms with E-state index < -0.39 is 0 Å². The topological polar surface area (TPSA) is 57.7 Å². The summed E-state index contributed by atoms with van der Waals surface area (Å²) >= 11 is 0. The van der Waals surface area contributed by atoms with Crippen LogP contribution in [0.3, 0.4) is 0 Å². The van der Waals surface area contributed by atoms with Gasteiger partial charge in [0.15, 0.2) is 0 Å². The lowest BCUT2D eigenvalue weighted by molar-refractivity contribution is -0.128. The van der Waals surface area contributed by atoms with Crippen molar-refractivity contribution in [1.29, 1.82) is 0 Å². The molecular formula is C26H36N4O2. The zero-order valence-corrected chi connectivity index (χ0v) is 19.4. The minimum atomic E-state index is 0.0162. The molecule has 2 fully saturated rings. The molecule has 0 spiro atoms. The predicted molar refractivity (Wildman–Crippen MR) is 126 cm³/mol. The number of benzene rings is 1. The van der Waals surface area contributed by atoms with Crippen LogP contribution in [0.4, 0.5) is 0 Å². The number of carbonyl (C=O) groups excluding carboxylic acids is 1. The van der Waals surface area contributed by atoms with Gasteiger partial charge in [0, 0.05) is 58.2 Å². The fraction of sp³-hybridized carbons (Fsp3) is 0.538. The molecule has 6 nitrogen and oxygen atoms in total. The molecule has 0 saturated carbocycles. The Bertz CT molecular complexity index is 862. The van der Waals surface area contributed by atoms with Gasteiger partial charge in [0.2, 0.25) is 5.91 Å². The van der Waals surface area contributed by atoms with Crippen LogP contribution in [-0.4, -0.2) is 66.6 Å². The maximum Gasteiger partial charge on any atom is 0.224 e. The van der Waals surface area contributed by atoms with E-state index in [1.54, 1.807) is 0 Å². The van der Waals surface area contributed by atoms with Crippen LogP contribution >= 0.6 is 0 Å². The number of likely N-dealkylation sites (tertiary alicyclic amines) is 1. The number of morpholine rings is 1. The van der Waals surface area contributed by atoms with E-state index in [0.29, 0.717) is 12.5 Å². The quantitative estimate of drug-likeness (QED) is 0.723. The van der Waals surface area contributed by atoms with Gasteiger partial charge in [0.25, 0.3) is 0 Å². The predicted octanol–water partition coefficient (Wildman–Crippen LogP) is 2.79. The van der Waals surface area contributed by atoms with Gasteiger partial charge in [0.1, 0.15) is 0 Å². The summed E-state index contributed by atoms with van der Waals surface area (Å²) in [6.45, 7) is 12.1. The fourth-order valence-corrected chi connectivity index (χ4v) is 5.15. The number of aromatic nitrogens is 1. The first-order chi connectivity index (χ1) is 15.5. The molecule has 0 radical (unpaired) electrons. The largest absolute Gasteiger partial charge is 0.379 e. The van der Waals surface area contributed by atoms with Gasteiger partial charge in [-0.25, -0.2) is 0 Å². The van der Waals surface area contributed by atoms with Crippen LogP contribution in [0, 0.1) is 25.7 Å². The van der Waals surface area contributed by atoms with Gasteiger partial charge in [-0.3, -0.25) is 19.6 Å². The first-order valence-electron chi connectivity index (χ1n) is 11.8. The number of nitrogens with zero attached hydrogens (tertiary/aromatic N) is 3. The average molecular weight is 437 g/mol. The van der Waals surface area contributed by atoms with Gasteiger partial charge in [-0.15, -0.1) is 0 Å². The Hall–Kier alpha value is -2.28. The maximum atomic E-state index is 13.2. The van der Waals surface area contributed by atoms with Crippen molar-refractivity contribution in [1.82, 2.24) is 20.1 Å². The van der Waals surface area contributed by atoms with E-state index >= 15 is 0 Å². The van der Waals surface area contributed by atoms with Crippen molar-refractivity contribution >= 4 is 5.91 Å². The number of hydrogen-bond acceptors (Lipinski definition) is 5. The lowest BCUT2D eigenvalue weighted by atomic mass is 9.87. The van der Waals surface area contributed by atoms with Crippen LogP contribution in [-0.2, 0) is 22.6 Å². The summed E-state index contributed by atoms with van der Waals surface area (Å²) in [6.07, 6.45) is 4.64. The Morgan fingerprint density at radius 1 is 1.03 bits per heavy atom. The lowest BCUT2D eigenvalue weighted by Crippen LogP contribution is -2.49. The van der Waals surface area contributed by atoms with Crippen molar-refractivity contribution < 1.29 is 9.53 Å². The van der Waals surface area contributed by atoms with E-state index in [2.05, 4.69) is 64.3 Å². The molecule has 1 aromatic heterocycles. The molecule has 1 amide bonds. The van der Waals surface area contributed by atoms with Crippen LogP contribution in [0.5, 0.6) is 0 Å². The molecule has 2 aliphatic rings. The number of pyridine rings is 1. The highest BCUT2D eigenvalue weighted by atomic mass is 16.5. The van der Waals surface area contributed by atoms with Crippen LogP contribution < -0.4 is 5.32 Å². The Kier molecular flexibility index (Phi) is 7.90. The highest BCUT2D eigenvalue weighted by molar-refractivity contribution is 5.79. The number of piperidine rings is 1. The summed E-state index contributed by atoms with van der Waals surface area (Å²) in [6, 6.07) is 10.6. The second-order valence-electron chi connectivity index (χ2n) is 9.47. The highest BCUT2D eigenvalue weighted by Crippen LogP contribution is 2.25. The summed E-state index contributed by atoms with van der Waals surface area (Å²) in [7, 11) is 0. The lowest BCUT2D eigenvalue weighted by Gasteiger charge is -2.40. The molecule has 6 heteroatoms. The monoisotopic (exact) mass is 436 g/mol. The SMILES string of the molecule is Cc1cc(C)cc(CNC(=O)[C@@H]2C[C@H](CN3CCOCC3)CN(Cc3ccncc3)C2)c1. The maximum absolute atomic E-state index is 13.2. The molecule has 0 aliphatic carbocycles. The molecule has 2 aromatic rings. The molecule has 0 bridgehead atoms. The van der Waals surface area contributed by atoms with Crippen molar-refractivity contribution in [3.8, 4) is 0 Å².